The quantitative estimate of drug-likeness (QED) is 0.927. The van der Waals surface area contributed by atoms with Gasteiger partial charge in [-0.3, -0.25) is 4.68 Å². The third kappa shape index (κ3) is 2.95. The van der Waals surface area contributed by atoms with Crippen molar-refractivity contribution in [1.82, 2.24) is 9.78 Å². The van der Waals surface area contributed by atoms with Gasteiger partial charge in [0.2, 0.25) is 0 Å². The predicted molar refractivity (Wildman–Crippen MR) is 85.5 cm³/mol. The van der Waals surface area contributed by atoms with Gasteiger partial charge >= 0.3 is 0 Å². The van der Waals surface area contributed by atoms with Crippen molar-refractivity contribution in [3.05, 3.63) is 41.2 Å². The molecule has 0 saturated carbocycles. The third-order valence-electron chi connectivity index (χ3n) is 3.59. The molecule has 4 nitrogen and oxygen atoms in total. The van der Waals surface area contributed by atoms with Crippen LogP contribution in [0.15, 0.2) is 24.4 Å². The molecule has 1 aromatic carbocycles. The van der Waals surface area contributed by atoms with Crippen molar-refractivity contribution in [3.63, 3.8) is 0 Å². The summed E-state index contributed by atoms with van der Waals surface area (Å²) in [5, 5.41) is 7.96. The van der Waals surface area contributed by atoms with Gasteiger partial charge in [-0.2, -0.15) is 5.10 Å². The number of aromatic nitrogens is 2. The summed E-state index contributed by atoms with van der Waals surface area (Å²) >= 11 is 0. The first-order valence-corrected chi connectivity index (χ1v) is 6.93. The van der Waals surface area contributed by atoms with Crippen molar-refractivity contribution < 1.29 is 0 Å². The summed E-state index contributed by atoms with van der Waals surface area (Å²) < 4.78 is 1.86. The fraction of sp³-hybridized carbons (Fsp3) is 0.438. The second kappa shape index (κ2) is 5.57. The molecule has 0 radical (unpaired) electrons. The van der Waals surface area contributed by atoms with E-state index in [1.54, 1.807) is 0 Å². The van der Waals surface area contributed by atoms with E-state index in [1.807, 2.05) is 18.7 Å². The fourth-order valence-corrected chi connectivity index (χ4v) is 2.55. The van der Waals surface area contributed by atoms with Gasteiger partial charge in [0.25, 0.3) is 0 Å². The third-order valence-corrected chi connectivity index (χ3v) is 3.59. The number of hydrogen-bond acceptors (Lipinski definition) is 3. The number of nitrogens with one attached hydrogen (secondary N) is 1. The first-order chi connectivity index (χ1) is 9.38. The molecule has 2 aromatic rings. The minimum Gasteiger partial charge on any atom is -0.378 e. The highest BCUT2D eigenvalue weighted by atomic mass is 15.3. The number of nitrogens with zero attached hydrogens (tertiary/aromatic N) is 3. The highest BCUT2D eigenvalue weighted by molar-refractivity contribution is 5.62. The lowest BCUT2D eigenvalue weighted by Crippen LogP contribution is -2.12. The molecule has 1 heterocycles. The zero-order valence-corrected chi connectivity index (χ0v) is 13.2. The van der Waals surface area contributed by atoms with E-state index in [0.29, 0.717) is 0 Å². The van der Waals surface area contributed by atoms with Crippen LogP contribution in [0.4, 0.5) is 11.4 Å². The van der Waals surface area contributed by atoms with Crippen molar-refractivity contribution in [2.45, 2.75) is 26.8 Å². The molecule has 0 aliphatic heterocycles. The molecule has 108 valence electrons. The standard InChI is InChI=1S/C16H24N4/c1-11-7-8-14(9-16(11)19(4)5)17-12(2)15-10-20(6)18-13(15)3/h7-10,12,17H,1-6H3. The Morgan fingerprint density at radius 3 is 2.50 bits per heavy atom. The molecule has 0 saturated heterocycles. The number of rotatable bonds is 4. The summed E-state index contributed by atoms with van der Waals surface area (Å²) in [6.07, 6.45) is 2.08. The second-order valence-corrected chi connectivity index (χ2v) is 5.61. The smallest absolute Gasteiger partial charge is 0.0646 e. The molecule has 0 fully saturated rings. The van der Waals surface area contributed by atoms with Gasteiger partial charge in [0.05, 0.1) is 11.7 Å². The molecule has 2 rings (SSSR count). The molecule has 0 bridgehead atoms. The van der Waals surface area contributed by atoms with Crippen LogP contribution in [0.2, 0.25) is 0 Å². The lowest BCUT2D eigenvalue weighted by atomic mass is 10.1. The minimum absolute atomic E-state index is 0.237. The van der Waals surface area contributed by atoms with Gasteiger partial charge in [0, 0.05) is 44.3 Å². The van der Waals surface area contributed by atoms with E-state index in [-0.39, 0.29) is 6.04 Å². The van der Waals surface area contributed by atoms with E-state index in [1.165, 1.54) is 16.8 Å². The number of aryl methyl sites for hydroxylation is 3. The van der Waals surface area contributed by atoms with E-state index in [0.717, 1.165) is 11.4 Å². The number of benzene rings is 1. The van der Waals surface area contributed by atoms with Crippen LogP contribution in [0.25, 0.3) is 0 Å². The summed E-state index contributed by atoms with van der Waals surface area (Å²) in [6.45, 7) is 6.35. The second-order valence-electron chi connectivity index (χ2n) is 5.61. The molecule has 1 N–H and O–H groups in total. The van der Waals surface area contributed by atoms with Crippen molar-refractivity contribution in [2.75, 3.05) is 24.3 Å². The first-order valence-electron chi connectivity index (χ1n) is 6.93. The summed E-state index contributed by atoms with van der Waals surface area (Å²) in [4.78, 5) is 2.14. The van der Waals surface area contributed by atoms with E-state index >= 15 is 0 Å². The van der Waals surface area contributed by atoms with Crippen LogP contribution in [0.5, 0.6) is 0 Å². The van der Waals surface area contributed by atoms with Crippen molar-refractivity contribution >= 4 is 11.4 Å². The van der Waals surface area contributed by atoms with E-state index < -0.39 is 0 Å². The SMILES string of the molecule is Cc1ccc(NC(C)c2cn(C)nc2C)cc1N(C)C. The summed E-state index contributed by atoms with van der Waals surface area (Å²) in [5.74, 6) is 0. The highest BCUT2D eigenvalue weighted by Gasteiger charge is 2.12. The molecule has 1 aromatic heterocycles. The Bertz CT molecular complexity index is 599. The fourth-order valence-electron chi connectivity index (χ4n) is 2.55. The maximum atomic E-state index is 4.40. The summed E-state index contributed by atoms with van der Waals surface area (Å²) in [6, 6.07) is 6.71. The van der Waals surface area contributed by atoms with Crippen LogP contribution < -0.4 is 10.2 Å². The Hall–Kier alpha value is -1.97. The van der Waals surface area contributed by atoms with Crippen molar-refractivity contribution in [3.8, 4) is 0 Å². The zero-order chi connectivity index (χ0) is 14.9. The molecule has 20 heavy (non-hydrogen) atoms. The van der Waals surface area contributed by atoms with E-state index in [9.17, 15) is 0 Å². The van der Waals surface area contributed by atoms with Gasteiger partial charge in [-0.15, -0.1) is 0 Å². The van der Waals surface area contributed by atoms with Crippen molar-refractivity contribution in [2.24, 2.45) is 7.05 Å². The van der Waals surface area contributed by atoms with Gasteiger partial charge in [-0.1, -0.05) is 6.07 Å². The van der Waals surface area contributed by atoms with Gasteiger partial charge < -0.3 is 10.2 Å². The maximum Gasteiger partial charge on any atom is 0.0646 e. The molecular formula is C16H24N4. The Morgan fingerprint density at radius 1 is 1.25 bits per heavy atom. The molecule has 0 aliphatic rings. The Balaban J connectivity index is 2.22. The van der Waals surface area contributed by atoms with E-state index in [4.69, 9.17) is 0 Å². The molecule has 1 unspecified atom stereocenters. The highest BCUT2D eigenvalue weighted by Crippen LogP contribution is 2.26. The van der Waals surface area contributed by atoms with Crippen LogP contribution in [-0.2, 0) is 7.05 Å². The Morgan fingerprint density at radius 2 is 1.95 bits per heavy atom. The normalized spacial score (nSPS) is 12.3. The maximum absolute atomic E-state index is 4.40. The Labute approximate surface area is 121 Å². The average Bonchev–Trinajstić information content (AvgIpc) is 2.70. The molecule has 0 aliphatic carbocycles. The summed E-state index contributed by atoms with van der Waals surface area (Å²) in [7, 11) is 6.10. The largest absolute Gasteiger partial charge is 0.378 e. The number of hydrogen-bond donors (Lipinski definition) is 1. The van der Waals surface area contributed by atoms with Gasteiger partial charge in [0.1, 0.15) is 0 Å². The summed E-state index contributed by atoms with van der Waals surface area (Å²) in [5.41, 5.74) is 5.97. The van der Waals surface area contributed by atoms with Crippen LogP contribution in [-0.4, -0.2) is 23.9 Å². The van der Waals surface area contributed by atoms with Crippen LogP contribution in [0, 0.1) is 13.8 Å². The predicted octanol–water partition coefficient (Wildman–Crippen LogP) is 3.28. The van der Waals surface area contributed by atoms with Crippen LogP contribution in [0.1, 0.15) is 29.8 Å². The molecule has 0 amide bonds. The topological polar surface area (TPSA) is 33.1 Å². The lowest BCUT2D eigenvalue weighted by molar-refractivity contribution is 0.756. The van der Waals surface area contributed by atoms with Crippen LogP contribution >= 0.6 is 0 Å². The Kier molecular flexibility index (Phi) is 4.02. The molecular weight excluding hydrogens is 248 g/mol. The zero-order valence-electron chi connectivity index (χ0n) is 13.2. The van der Waals surface area contributed by atoms with Gasteiger partial charge in [0.15, 0.2) is 0 Å². The van der Waals surface area contributed by atoms with Gasteiger partial charge in [-0.25, -0.2) is 0 Å². The first kappa shape index (κ1) is 14.4. The average molecular weight is 272 g/mol. The van der Waals surface area contributed by atoms with Crippen molar-refractivity contribution in [1.29, 1.82) is 0 Å². The van der Waals surface area contributed by atoms with Gasteiger partial charge in [-0.05, 0) is 38.5 Å². The van der Waals surface area contributed by atoms with E-state index in [2.05, 4.69) is 67.7 Å². The molecule has 4 heteroatoms. The molecule has 1 atom stereocenters. The minimum atomic E-state index is 0.237. The lowest BCUT2D eigenvalue weighted by Gasteiger charge is -2.20. The molecule has 0 spiro atoms. The number of anilines is 2. The monoisotopic (exact) mass is 272 g/mol. The van der Waals surface area contributed by atoms with Crippen LogP contribution in [0.3, 0.4) is 0 Å².